The van der Waals surface area contributed by atoms with Gasteiger partial charge in [0.2, 0.25) is 5.91 Å². The van der Waals surface area contributed by atoms with Gasteiger partial charge in [-0.15, -0.1) is 0 Å². The normalized spacial score (nSPS) is 17.4. The summed E-state index contributed by atoms with van der Waals surface area (Å²) in [5.41, 5.74) is 3.55. The number of aromatic nitrogens is 3. The molecule has 0 spiro atoms. The van der Waals surface area contributed by atoms with Gasteiger partial charge in [0.1, 0.15) is 11.6 Å². The molecule has 1 saturated carbocycles. The molecule has 1 aliphatic carbocycles. The number of aryl methyl sites for hydroxylation is 1. The summed E-state index contributed by atoms with van der Waals surface area (Å²) in [6.07, 6.45) is 5.85. The summed E-state index contributed by atoms with van der Waals surface area (Å²) in [5.74, 6) is 1.44. The summed E-state index contributed by atoms with van der Waals surface area (Å²) in [5, 5.41) is 14.2. The maximum atomic E-state index is 12.0. The van der Waals surface area contributed by atoms with Crippen LogP contribution in [0, 0.1) is 12.8 Å². The Morgan fingerprint density at radius 3 is 2.87 bits per heavy atom. The van der Waals surface area contributed by atoms with Gasteiger partial charge in [0.15, 0.2) is 5.65 Å². The number of benzene rings is 1. The summed E-state index contributed by atoms with van der Waals surface area (Å²) in [7, 11) is 0. The van der Waals surface area contributed by atoms with Crippen LogP contribution in [0.15, 0.2) is 36.0 Å². The monoisotopic (exact) mass is 436 g/mol. The van der Waals surface area contributed by atoms with Crippen LogP contribution in [0.3, 0.4) is 0 Å². The first-order valence-corrected chi connectivity index (χ1v) is 10.5. The SMILES string of the molecule is Cc1ccc(Cl)cc1Nc1cc(NCC2CC2)n2ncc(/C=C3\CC(=O)NC3=O)c2n1. The Morgan fingerprint density at radius 2 is 2.13 bits per heavy atom. The van der Waals surface area contributed by atoms with Gasteiger partial charge in [0.25, 0.3) is 5.91 Å². The maximum absolute atomic E-state index is 12.0. The van der Waals surface area contributed by atoms with Gasteiger partial charge in [-0.25, -0.2) is 4.98 Å². The van der Waals surface area contributed by atoms with Crippen molar-refractivity contribution in [3.05, 3.63) is 52.2 Å². The van der Waals surface area contributed by atoms with E-state index in [2.05, 4.69) is 21.0 Å². The predicted molar refractivity (Wildman–Crippen MR) is 119 cm³/mol. The smallest absolute Gasteiger partial charge is 0.254 e. The number of hydrogen-bond acceptors (Lipinski definition) is 6. The highest BCUT2D eigenvalue weighted by Gasteiger charge is 2.25. The van der Waals surface area contributed by atoms with Gasteiger partial charge in [0, 0.05) is 34.5 Å². The second-order valence-electron chi connectivity index (χ2n) is 7.99. The molecule has 2 aliphatic rings. The Bertz CT molecular complexity index is 1240. The lowest BCUT2D eigenvalue weighted by Gasteiger charge is -2.13. The molecular weight excluding hydrogens is 416 g/mol. The van der Waals surface area contributed by atoms with E-state index in [9.17, 15) is 9.59 Å². The zero-order chi connectivity index (χ0) is 21.5. The number of nitrogens with zero attached hydrogens (tertiary/aromatic N) is 3. The summed E-state index contributed by atoms with van der Waals surface area (Å²) in [6, 6.07) is 7.55. The molecule has 1 aliphatic heterocycles. The molecule has 31 heavy (non-hydrogen) atoms. The van der Waals surface area contributed by atoms with E-state index in [0.717, 1.165) is 23.6 Å². The standard InChI is InChI=1S/C22H21ClN6O2/c1-12-2-5-16(23)8-17(12)26-18-9-19(24-10-13-3-4-13)29-21(27-18)15(11-25-29)6-14-7-20(30)28-22(14)31/h2,5-6,8-9,11,13,24H,3-4,7,10H2,1H3,(H,26,27)(H,28,30,31)/b14-6+. The zero-order valence-electron chi connectivity index (χ0n) is 16.9. The second kappa shape index (κ2) is 7.70. The number of nitrogens with one attached hydrogen (secondary N) is 3. The lowest BCUT2D eigenvalue weighted by Crippen LogP contribution is -2.19. The zero-order valence-corrected chi connectivity index (χ0v) is 17.7. The van der Waals surface area contributed by atoms with Crippen molar-refractivity contribution in [3.63, 3.8) is 0 Å². The van der Waals surface area contributed by atoms with Crippen LogP contribution in [0.25, 0.3) is 11.7 Å². The van der Waals surface area contributed by atoms with E-state index in [-0.39, 0.29) is 18.2 Å². The van der Waals surface area contributed by atoms with Crippen molar-refractivity contribution in [2.75, 3.05) is 17.2 Å². The topological polar surface area (TPSA) is 100 Å². The Labute approximate surface area is 183 Å². The van der Waals surface area contributed by atoms with Crippen LogP contribution in [0.4, 0.5) is 17.3 Å². The van der Waals surface area contributed by atoms with Crippen molar-refractivity contribution in [3.8, 4) is 0 Å². The Morgan fingerprint density at radius 1 is 1.29 bits per heavy atom. The minimum absolute atomic E-state index is 0.0581. The van der Waals surface area contributed by atoms with Crippen molar-refractivity contribution in [2.24, 2.45) is 5.92 Å². The summed E-state index contributed by atoms with van der Waals surface area (Å²) in [6.45, 7) is 2.86. The van der Waals surface area contributed by atoms with Crippen LogP contribution < -0.4 is 16.0 Å². The van der Waals surface area contributed by atoms with Gasteiger partial charge in [-0.05, 0) is 49.5 Å². The van der Waals surface area contributed by atoms with Crippen LogP contribution in [0.1, 0.15) is 30.4 Å². The highest BCUT2D eigenvalue weighted by atomic mass is 35.5. The van der Waals surface area contributed by atoms with E-state index < -0.39 is 0 Å². The Balaban J connectivity index is 1.56. The third-order valence-corrected chi connectivity index (χ3v) is 5.69. The minimum Gasteiger partial charge on any atom is -0.370 e. The maximum Gasteiger partial charge on any atom is 0.254 e. The summed E-state index contributed by atoms with van der Waals surface area (Å²) in [4.78, 5) is 28.3. The fraction of sp³-hybridized carbons (Fsp3) is 0.273. The third-order valence-electron chi connectivity index (χ3n) is 5.46. The van der Waals surface area contributed by atoms with E-state index in [1.54, 1.807) is 16.8 Å². The minimum atomic E-state index is -0.375. The fourth-order valence-corrected chi connectivity index (χ4v) is 3.69. The molecule has 0 radical (unpaired) electrons. The lowest BCUT2D eigenvalue weighted by molar-refractivity contribution is -0.124. The molecule has 0 atom stereocenters. The van der Waals surface area contributed by atoms with Crippen molar-refractivity contribution in [2.45, 2.75) is 26.2 Å². The highest BCUT2D eigenvalue weighted by molar-refractivity contribution is 6.30. The molecule has 1 aromatic carbocycles. The molecule has 3 aromatic rings. The van der Waals surface area contributed by atoms with Crippen molar-refractivity contribution in [1.82, 2.24) is 19.9 Å². The predicted octanol–water partition coefficient (Wildman–Crippen LogP) is 3.69. The van der Waals surface area contributed by atoms with Crippen LogP contribution in [0.2, 0.25) is 5.02 Å². The third kappa shape index (κ3) is 4.11. The van der Waals surface area contributed by atoms with Gasteiger partial charge in [0.05, 0.1) is 12.6 Å². The quantitative estimate of drug-likeness (QED) is 0.402. The number of rotatable bonds is 6. The van der Waals surface area contributed by atoms with Crippen LogP contribution in [0.5, 0.6) is 0 Å². The van der Waals surface area contributed by atoms with Crippen molar-refractivity contribution < 1.29 is 9.59 Å². The highest BCUT2D eigenvalue weighted by Crippen LogP contribution is 2.31. The number of halogens is 1. The number of anilines is 3. The average Bonchev–Trinajstić information content (AvgIpc) is 3.40. The van der Waals surface area contributed by atoms with Crippen molar-refractivity contribution >= 4 is 52.5 Å². The van der Waals surface area contributed by atoms with E-state index in [1.807, 2.05) is 31.2 Å². The average molecular weight is 437 g/mol. The number of carbonyl (C=O) groups excluding carboxylic acids is 2. The molecule has 2 fully saturated rings. The van der Waals surface area contributed by atoms with Gasteiger partial charge in [-0.3, -0.25) is 14.9 Å². The summed E-state index contributed by atoms with van der Waals surface area (Å²) >= 11 is 6.17. The molecule has 3 N–H and O–H groups in total. The number of carbonyl (C=O) groups is 2. The second-order valence-corrected chi connectivity index (χ2v) is 8.43. The number of imide groups is 1. The molecule has 3 heterocycles. The molecule has 5 rings (SSSR count). The molecular formula is C22H21ClN6O2. The number of hydrogen-bond donors (Lipinski definition) is 3. The Hall–Kier alpha value is -3.39. The van der Waals surface area contributed by atoms with E-state index >= 15 is 0 Å². The fourth-order valence-electron chi connectivity index (χ4n) is 3.52. The Kier molecular flexibility index (Phi) is 4.86. The molecule has 1 saturated heterocycles. The first-order chi connectivity index (χ1) is 15.0. The summed E-state index contributed by atoms with van der Waals surface area (Å²) < 4.78 is 1.72. The van der Waals surface area contributed by atoms with E-state index in [0.29, 0.717) is 33.5 Å². The lowest BCUT2D eigenvalue weighted by atomic mass is 10.1. The van der Waals surface area contributed by atoms with Gasteiger partial charge >= 0.3 is 0 Å². The van der Waals surface area contributed by atoms with Crippen LogP contribution in [-0.4, -0.2) is 33.0 Å². The molecule has 9 heteroatoms. The first kappa shape index (κ1) is 19.6. The van der Waals surface area contributed by atoms with Crippen LogP contribution in [-0.2, 0) is 9.59 Å². The number of fused-ring (bicyclic) bond motifs is 1. The largest absolute Gasteiger partial charge is 0.370 e. The molecule has 8 nitrogen and oxygen atoms in total. The van der Waals surface area contributed by atoms with Crippen molar-refractivity contribution in [1.29, 1.82) is 0 Å². The molecule has 0 unspecified atom stereocenters. The molecule has 158 valence electrons. The molecule has 2 aromatic heterocycles. The molecule has 0 bridgehead atoms. The number of amides is 2. The first-order valence-electron chi connectivity index (χ1n) is 10.2. The van der Waals surface area contributed by atoms with E-state index in [1.165, 1.54) is 12.8 Å². The van der Waals surface area contributed by atoms with Crippen LogP contribution >= 0.6 is 11.6 Å². The van der Waals surface area contributed by atoms with E-state index in [4.69, 9.17) is 16.6 Å². The van der Waals surface area contributed by atoms with Gasteiger partial charge in [-0.1, -0.05) is 17.7 Å². The molecule has 2 amide bonds. The van der Waals surface area contributed by atoms with Gasteiger partial charge in [-0.2, -0.15) is 9.61 Å². The van der Waals surface area contributed by atoms with Gasteiger partial charge < -0.3 is 10.6 Å².